The van der Waals surface area contributed by atoms with Crippen molar-refractivity contribution in [1.82, 2.24) is 14.5 Å². The van der Waals surface area contributed by atoms with Crippen molar-refractivity contribution in [2.75, 3.05) is 19.6 Å². The highest BCUT2D eigenvalue weighted by Gasteiger charge is 2.24. The Kier molecular flexibility index (Phi) is 6.61. The molecule has 0 unspecified atom stereocenters. The minimum Gasteiger partial charge on any atom is -0.365 e. The second-order valence-electron chi connectivity index (χ2n) is 8.66. The average Bonchev–Trinajstić information content (AvgIpc) is 3.28. The quantitative estimate of drug-likeness (QED) is 0.363. The van der Waals surface area contributed by atoms with Crippen molar-refractivity contribution in [3.05, 3.63) is 102 Å². The zero-order valence-electron chi connectivity index (χ0n) is 18.5. The van der Waals surface area contributed by atoms with Crippen molar-refractivity contribution in [1.29, 1.82) is 0 Å². The molecule has 0 bridgehead atoms. The predicted octanol–water partition coefficient (Wildman–Crippen LogP) is 5.70. The number of aryl methyl sites for hydroxylation is 1. The van der Waals surface area contributed by atoms with Crippen molar-refractivity contribution in [2.24, 2.45) is 0 Å². The first kappa shape index (κ1) is 20.9. The maximum atomic E-state index is 6.68. The Labute approximate surface area is 190 Å². The lowest BCUT2D eigenvalue weighted by Crippen LogP contribution is -2.38. The summed E-state index contributed by atoms with van der Waals surface area (Å²) in [6, 6.07) is 29.6. The number of imidazole rings is 1. The van der Waals surface area contributed by atoms with E-state index in [1.807, 2.05) is 12.4 Å². The highest BCUT2D eigenvalue weighted by Crippen LogP contribution is 2.30. The average molecular weight is 426 g/mol. The van der Waals surface area contributed by atoms with E-state index in [4.69, 9.17) is 4.74 Å². The van der Waals surface area contributed by atoms with Crippen LogP contribution in [0.4, 0.5) is 0 Å². The lowest BCUT2D eigenvalue weighted by atomic mass is 10.00. The Morgan fingerprint density at radius 2 is 1.41 bits per heavy atom. The Hall–Kier alpha value is -2.95. The number of hydrogen-bond donors (Lipinski definition) is 0. The number of piperidine rings is 1. The molecule has 1 aliphatic rings. The van der Waals surface area contributed by atoms with Crippen molar-refractivity contribution in [3.63, 3.8) is 0 Å². The molecule has 0 N–H and O–H groups in total. The van der Waals surface area contributed by atoms with Gasteiger partial charge in [0.1, 0.15) is 6.10 Å². The third kappa shape index (κ3) is 4.93. The van der Waals surface area contributed by atoms with Crippen LogP contribution in [0.25, 0.3) is 11.0 Å². The topological polar surface area (TPSA) is 30.3 Å². The molecular formula is C28H31N3O. The van der Waals surface area contributed by atoms with Crippen LogP contribution < -0.4 is 0 Å². The van der Waals surface area contributed by atoms with Gasteiger partial charge in [-0.25, -0.2) is 4.98 Å². The summed E-state index contributed by atoms with van der Waals surface area (Å²) in [6.45, 7) is 4.35. The molecule has 0 saturated carbocycles. The summed E-state index contributed by atoms with van der Waals surface area (Å²) >= 11 is 0. The van der Waals surface area contributed by atoms with Crippen LogP contribution in [0.5, 0.6) is 0 Å². The summed E-state index contributed by atoms with van der Waals surface area (Å²) in [7, 11) is 0. The molecule has 1 aliphatic heterocycles. The van der Waals surface area contributed by atoms with E-state index in [1.54, 1.807) is 0 Å². The van der Waals surface area contributed by atoms with Crippen LogP contribution >= 0.6 is 0 Å². The van der Waals surface area contributed by atoms with Crippen LogP contribution in [0.15, 0.2) is 91.3 Å². The fourth-order valence-corrected chi connectivity index (χ4v) is 4.72. The van der Waals surface area contributed by atoms with Gasteiger partial charge in [-0.3, -0.25) is 0 Å². The third-order valence-electron chi connectivity index (χ3n) is 6.47. The molecule has 0 spiro atoms. The maximum absolute atomic E-state index is 6.68. The van der Waals surface area contributed by atoms with E-state index in [0.29, 0.717) is 6.10 Å². The molecule has 1 aromatic heterocycles. The lowest BCUT2D eigenvalue weighted by Gasteiger charge is -2.34. The molecule has 32 heavy (non-hydrogen) atoms. The molecule has 2 heterocycles. The Morgan fingerprint density at radius 1 is 0.781 bits per heavy atom. The largest absolute Gasteiger partial charge is 0.365 e. The molecular weight excluding hydrogens is 394 g/mol. The van der Waals surface area contributed by atoms with Gasteiger partial charge in [0.15, 0.2) is 0 Å². The van der Waals surface area contributed by atoms with E-state index in [2.05, 4.69) is 93.3 Å². The third-order valence-corrected chi connectivity index (χ3v) is 6.47. The van der Waals surface area contributed by atoms with Crippen molar-refractivity contribution in [2.45, 2.75) is 38.0 Å². The summed E-state index contributed by atoms with van der Waals surface area (Å²) in [5, 5.41) is 0. The highest BCUT2D eigenvalue weighted by molar-refractivity contribution is 5.74. The zero-order chi connectivity index (χ0) is 21.6. The number of nitrogens with zero attached hydrogens (tertiary/aromatic N) is 3. The van der Waals surface area contributed by atoms with Crippen molar-refractivity contribution in [3.8, 4) is 0 Å². The Morgan fingerprint density at radius 3 is 2.09 bits per heavy atom. The number of likely N-dealkylation sites (tertiary alicyclic amines) is 1. The molecule has 4 nitrogen and oxygen atoms in total. The summed E-state index contributed by atoms with van der Waals surface area (Å²) in [5.41, 5.74) is 4.77. The monoisotopic (exact) mass is 425 g/mol. The van der Waals surface area contributed by atoms with E-state index in [-0.39, 0.29) is 6.10 Å². The molecule has 0 atom stereocenters. The van der Waals surface area contributed by atoms with Gasteiger partial charge in [0.25, 0.3) is 0 Å². The van der Waals surface area contributed by atoms with Crippen molar-refractivity contribution >= 4 is 11.0 Å². The summed E-state index contributed by atoms with van der Waals surface area (Å²) in [5.74, 6) is 0. The summed E-state index contributed by atoms with van der Waals surface area (Å²) < 4.78 is 8.96. The SMILES string of the molecule is c1ccc(C(OC2CCN(CCCn3cnc4ccccc43)CC2)c2ccccc2)cc1. The first-order valence-corrected chi connectivity index (χ1v) is 11.7. The smallest absolute Gasteiger partial charge is 0.108 e. The molecule has 4 heteroatoms. The minimum atomic E-state index is 0.00321. The van der Waals surface area contributed by atoms with Crippen LogP contribution in [0.2, 0.25) is 0 Å². The van der Waals surface area contributed by atoms with Gasteiger partial charge in [0, 0.05) is 19.6 Å². The van der Waals surface area contributed by atoms with Gasteiger partial charge in [0.05, 0.1) is 23.5 Å². The summed E-state index contributed by atoms with van der Waals surface area (Å²) in [4.78, 5) is 7.09. The molecule has 1 saturated heterocycles. The first-order valence-electron chi connectivity index (χ1n) is 11.7. The van der Waals surface area contributed by atoms with E-state index in [9.17, 15) is 0 Å². The van der Waals surface area contributed by atoms with Gasteiger partial charge in [-0.2, -0.15) is 0 Å². The van der Waals surface area contributed by atoms with Gasteiger partial charge in [0.2, 0.25) is 0 Å². The van der Waals surface area contributed by atoms with Gasteiger partial charge in [-0.15, -0.1) is 0 Å². The zero-order valence-corrected chi connectivity index (χ0v) is 18.5. The number of ether oxygens (including phenoxy) is 1. The first-order chi connectivity index (χ1) is 15.9. The standard InChI is InChI=1S/C28H31N3O/c1-3-10-23(11-4-1)28(24-12-5-2-6-13-24)32-25-16-20-30(21-17-25)18-9-19-31-22-29-26-14-7-8-15-27(26)31/h1-8,10-15,22,25,28H,9,16-21H2. The Balaban J connectivity index is 1.14. The van der Waals surface area contributed by atoms with Crippen LogP contribution in [-0.4, -0.2) is 40.2 Å². The number of aromatic nitrogens is 2. The van der Waals surface area contributed by atoms with E-state index < -0.39 is 0 Å². The molecule has 3 aromatic carbocycles. The van der Waals surface area contributed by atoms with Gasteiger partial charge in [-0.05, 0) is 49.1 Å². The number of para-hydroxylation sites is 2. The number of rotatable bonds is 8. The van der Waals surface area contributed by atoms with Crippen LogP contribution in [-0.2, 0) is 11.3 Å². The van der Waals surface area contributed by atoms with Gasteiger partial charge in [-0.1, -0.05) is 72.8 Å². The molecule has 5 rings (SSSR count). The lowest BCUT2D eigenvalue weighted by molar-refractivity contribution is -0.0271. The van der Waals surface area contributed by atoms with E-state index in [1.165, 1.54) is 16.6 Å². The number of hydrogen-bond acceptors (Lipinski definition) is 3. The second kappa shape index (κ2) is 10.1. The number of fused-ring (bicyclic) bond motifs is 1. The Bertz CT molecular complexity index is 1060. The van der Waals surface area contributed by atoms with E-state index >= 15 is 0 Å². The van der Waals surface area contributed by atoms with E-state index in [0.717, 1.165) is 51.0 Å². The van der Waals surface area contributed by atoms with Crippen LogP contribution in [0.1, 0.15) is 36.5 Å². The predicted molar refractivity (Wildman–Crippen MR) is 130 cm³/mol. The molecule has 1 fully saturated rings. The molecule has 4 aromatic rings. The number of benzene rings is 3. The fourth-order valence-electron chi connectivity index (χ4n) is 4.72. The minimum absolute atomic E-state index is 0.00321. The van der Waals surface area contributed by atoms with Gasteiger partial charge < -0.3 is 14.2 Å². The van der Waals surface area contributed by atoms with Crippen LogP contribution in [0.3, 0.4) is 0 Å². The highest BCUT2D eigenvalue weighted by atomic mass is 16.5. The normalized spacial score (nSPS) is 15.5. The van der Waals surface area contributed by atoms with Gasteiger partial charge >= 0.3 is 0 Å². The maximum Gasteiger partial charge on any atom is 0.108 e. The fraction of sp³-hybridized carbons (Fsp3) is 0.321. The molecule has 0 aliphatic carbocycles. The second-order valence-corrected chi connectivity index (χ2v) is 8.66. The molecule has 164 valence electrons. The van der Waals surface area contributed by atoms with Crippen molar-refractivity contribution < 1.29 is 4.74 Å². The molecule has 0 amide bonds. The summed E-state index contributed by atoms with van der Waals surface area (Å²) in [6.07, 6.45) is 5.59. The molecule has 0 radical (unpaired) electrons. The van der Waals surface area contributed by atoms with Crippen LogP contribution in [0, 0.1) is 0 Å².